The maximum Gasteiger partial charge on any atom is 0.0488 e. The van der Waals surface area contributed by atoms with E-state index in [0.717, 1.165) is 18.6 Å². The summed E-state index contributed by atoms with van der Waals surface area (Å²) in [7, 11) is 1.70. The Morgan fingerprint density at radius 3 is 2.41 bits per heavy atom. The molecule has 2 nitrogen and oxygen atoms in total. The van der Waals surface area contributed by atoms with Crippen molar-refractivity contribution in [3.05, 3.63) is 33.8 Å². The van der Waals surface area contributed by atoms with E-state index >= 15 is 0 Å². The van der Waals surface area contributed by atoms with E-state index in [2.05, 4.69) is 6.92 Å². The van der Waals surface area contributed by atoms with Crippen LogP contribution in [-0.4, -0.2) is 19.8 Å². The summed E-state index contributed by atoms with van der Waals surface area (Å²) in [6.07, 6.45) is 1.60. The second-order valence-corrected chi connectivity index (χ2v) is 5.28. The van der Waals surface area contributed by atoms with Gasteiger partial charge in [0.2, 0.25) is 0 Å². The Balaban J connectivity index is 2.59. The van der Waals surface area contributed by atoms with E-state index in [0.29, 0.717) is 22.4 Å². The van der Waals surface area contributed by atoms with E-state index in [1.165, 1.54) is 0 Å². The number of benzene rings is 1. The monoisotopic (exact) mass is 275 g/mol. The van der Waals surface area contributed by atoms with Gasteiger partial charge in [0.1, 0.15) is 0 Å². The smallest absolute Gasteiger partial charge is 0.0488 e. The Morgan fingerprint density at radius 1 is 1.29 bits per heavy atom. The molecule has 4 heteroatoms. The second-order valence-electron chi connectivity index (χ2n) is 4.46. The summed E-state index contributed by atoms with van der Waals surface area (Å²) in [5.41, 5.74) is 7.04. The van der Waals surface area contributed by atoms with E-state index < -0.39 is 0 Å². The molecule has 0 aliphatic rings. The summed E-state index contributed by atoms with van der Waals surface area (Å²) in [5, 5.41) is 1.37. The average Bonchev–Trinajstić information content (AvgIpc) is 2.24. The molecule has 0 bridgehead atoms. The molecule has 0 saturated heterocycles. The van der Waals surface area contributed by atoms with E-state index in [4.69, 9.17) is 33.7 Å². The normalized spacial score (nSPS) is 14.6. The number of nitrogens with two attached hydrogens (primary N) is 1. The van der Waals surface area contributed by atoms with Crippen LogP contribution in [0.4, 0.5) is 0 Å². The molecule has 0 heterocycles. The van der Waals surface area contributed by atoms with Crippen molar-refractivity contribution in [2.45, 2.75) is 25.8 Å². The summed E-state index contributed by atoms with van der Waals surface area (Å²) < 4.78 is 5.09. The lowest BCUT2D eigenvalue weighted by Gasteiger charge is -2.17. The highest BCUT2D eigenvalue weighted by Crippen LogP contribution is 2.26. The van der Waals surface area contributed by atoms with Gasteiger partial charge in [0, 0.05) is 29.8 Å². The molecule has 0 aromatic heterocycles. The highest BCUT2D eigenvalue weighted by molar-refractivity contribution is 6.35. The van der Waals surface area contributed by atoms with Gasteiger partial charge in [-0.15, -0.1) is 0 Å². The van der Waals surface area contributed by atoms with Crippen LogP contribution >= 0.6 is 23.2 Å². The summed E-state index contributed by atoms with van der Waals surface area (Å²) in [6.45, 7) is 2.85. The molecular formula is C13H19Cl2NO. The fraction of sp³-hybridized carbons (Fsp3) is 0.538. The minimum atomic E-state index is 0.0533. The molecule has 96 valence electrons. The molecule has 0 aliphatic heterocycles. The molecular weight excluding hydrogens is 257 g/mol. The zero-order valence-corrected chi connectivity index (χ0v) is 11.8. The molecule has 17 heavy (non-hydrogen) atoms. The lowest BCUT2D eigenvalue weighted by molar-refractivity contribution is 0.152. The van der Waals surface area contributed by atoms with Crippen molar-refractivity contribution in [3.8, 4) is 0 Å². The number of hydrogen-bond donors (Lipinski definition) is 1. The number of halogens is 2. The molecule has 2 N–H and O–H groups in total. The first kappa shape index (κ1) is 14.8. The molecule has 1 rings (SSSR count). The predicted molar refractivity (Wildman–Crippen MR) is 73.8 cm³/mol. The topological polar surface area (TPSA) is 35.2 Å². The van der Waals surface area contributed by atoms with Crippen molar-refractivity contribution in [3.63, 3.8) is 0 Å². The zero-order chi connectivity index (χ0) is 12.8. The predicted octanol–water partition coefficient (Wildman–Crippen LogP) is 3.54. The summed E-state index contributed by atoms with van der Waals surface area (Å²) in [5.74, 6) is 0.441. The Morgan fingerprint density at radius 2 is 1.88 bits per heavy atom. The third-order valence-corrected chi connectivity index (χ3v) is 3.39. The summed E-state index contributed by atoms with van der Waals surface area (Å²) in [4.78, 5) is 0. The molecule has 0 aliphatic carbocycles. The molecule has 2 unspecified atom stereocenters. The van der Waals surface area contributed by atoms with Crippen molar-refractivity contribution in [1.82, 2.24) is 0 Å². The average molecular weight is 276 g/mol. The minimum absolute atomic E-state index is 0.0533. The van der Waals surface area contributed by atoms with Crippen molar-refractivity contribution >= 4 is 23.2 Å². The standard InChI is InChI=1S/C13H19Cl2NO/c1-9(8-17-2)6-10(16)7-11-12(14)4-3-5-13(11)15/h3-5,9-10H,6-8,16H2,1-2H3. The Kier molecular flexibility index (Phi) is 6.28. The van der Waals surface area contributed by atoms with Gasteiger partial charge >= 0.3 is 0 Å². The Bertz CT molecular complexity index is 337. The fourth-order valence-corrected chi connectivity index (χ4v) is 2.49. The van der Waals surface area contributed by atoms with Crippen LogP contribution in [0.3, 0.4) is 0 Å². The number of ether oxygens (including phenoxy) is 1. The third kappa shape index (κ3) is 4.84. The van der Waals surface area contributed by atoms with Crippen molar-refractivity contribution in [2.24, 2.45) is 11.7 Å². The number of methoxy groups -OCH3 is 1. The van der Waals surface area contributed by atoms with Gasteiger partial charge < -0.3 is 10.5 Å². The Labute approximate surface area is 113 Å². The molecule has 0 spiro atoms. The molecule has 1 aromatic carbocycles. The molecule has 0 amide bonds. The van der Waals surface area contributed by atoms with Gasteiger partial charge in [0.15, 0.2) is 0 Å². The maximum absolute atomic E-state index is 6.11. The molecule has 0 saturated carbocycles. The van der Waals surface area contributed by atoms with Gasteiger partial charge in [-0.2, -0.15) is 0 Å². The van der Waals surface area contributed by atoms with Gasteiger partial charge in [-0.1, -0.05) is 36.2 Å². The first-order chi connectivity index (χ1) is 8.04. The van der Waals surface area contributed by atoms with Crippen LogP contribution in [0, 0.1) is 5.92 Å². The first-order valence-electron chi connectivity index (χ1n) is 5.72. The molecule has 0 fully saturated rings. The largest absolute Gasteiger partial charge is 0.384 e. The molecule has 2 atom stereocenters. The van der Waals surface area contributed by atoms with Crippen LogP contribution in [0.2, 0.25) is 10.0 Å². The third-order valence-electron chi connectivity index (χ3n) is 2.68. The van der Waals surface area contributed by atoms with Crippen LogP contribution in [0.15, 0.2) is 18.2 Å². The summed E-state index contributed by atoms with van der Waals surface area (Å²) >= 11 is 12.2. The number of hydrogen-bond acceptors (Lipinski definition) is 2. The highest BCUT2D eigenvalue weighted by atomic mass is 35.5. The SMILES string of the molecule is COCC(C)CC(N)Cc1c(Cl)cccc1Cl. The molecule has 0 radical (unpaired) electrons. The quantitative estimate of drug-likeness (QED) is 0.862. The van der Waals surface area contributed by atoms with Gasteiger partial charge in [0.05, 0.1) is 0 Å². The zero-order valence-electron chi connectivity index (χ0n) is 10.2. The van der Waals surface area contributed by atoms with Gasteiger partial charge in [-0.3, -0.25) is 0 Å². The van der Waals surface area contributed by atoms with Crippen LogP contribution in [0.5, 0.6) is 0 Å². The van der Waals surface area contributed by atoms with Crippen molar-refractivity contribution in [1.29, 1.82) is 0 Å². The second kappa shape index (κ2) is 7.22. The van der Waals surface area contributed by atoms with Crippen LogP contribution in [0.1, 0.15) is 18.9 Å². The van der Waals surface area contributed by atoms with Gasteiger partial charge in [-0.25, -0.2) is 0 Å². The van der Waals surface area contributed by atoms with Crippen LogP contribution in [-0.2, 0) is 11.2 Å². The lowest BCUT2D eigenvalue weighted by Crippen LogP contribution is -2.27. The van der Waals surface area contributed by atoms with Crippen molar-refractivity contribution < 1.29 is 4.74 Å². The summed E-state index contributed by atoms with van der Waals surface area (Å²) in [6, 6.07) is 5.58. The van der Waals surface area contributed by atoms with Crippen LogP contribution < -0.4 is 5.73 Å². The van der Waals surface area contributed by atoms with Gasteiger partial charge in [-0.05, 0) is 36.5 Å². The fourth-order valence-electron chi connectivity index (χ4n) is 1.94. The minimum Gasteiger partial charge on any atom is -0.384 e. The highest BCUT2D eigenvalue weighted by Gasteiger charge is 2.13. The lowest BCUT2D eigenvalue weighted by atomic mass is 9.97. The molecule has 1 aromatic rings. The number of rotatable bonds is 6. The van der Waals surface area contributed by atoms with Crippen LogP contribution in [0.25, 0.3) is 0 Å². The van der Waals surface area contributed by atoms with Crippen molar-refractivity contribution in [2.75, 3.05) is 13.7 Å². The van der Waals surface area contributed by atoms with E-state index in [-0.39, 0.29) is 6.04 Å². The Hall–Kier alpha value is -0.280. The van der Waals surface area contributed by atoms with E-state index in [1.807, 2.05) is 18.2 Å². The first-order valence-corrected chi connectivity index (χ1v) is 6.47. The maximum atomic E-state index is 6.11. The van der Waals surface area contributed by atoms with E-state index in [9.17, 15) is 0 Å². The van der Waals surface area contributed by atoms with E-state index in [1.54, 1.807) is 7.11 Å². The van der Waals surface area contributed by atoms with Gasteiger partial charge in [0.25, 0.3) is 0 Å².